The number of carbonyl (C=O) groups is 1. The number of fused-ring (bicyclic) bond motifs is 2. The van der Waals surface area contributed by atoms with E-state index in [1.807, 2.05) is 12.1 Å². The molecular weight excluding hydrogens is 519 g/mol. The number of imidazole rings is 1. The fourth-order valence-electron chi connectivity index (χ4n) is 5.67. The second-order valence-corrected chi connectivity index (χ2v) is 10.5. The maximum absolute atomic E-state index is 14.6. The summed E-state index contributed by atoms with van der Waals surface area (Å²) >= 11 is 0. The first-order valence-corrected chi connectivity index (χ1v) is 13.8. The van der Waals surface area contributed by atoms with Crippen molar-refractivity contribution in [3.05, 3.63) is 73.1 Å². The molecule has 1 fully saturated rings. The Bertz CT molecular complexity index is 1890. The largest absolute Gasteiger partial charge is 0.336 e. The molecule has 6 aromatic rings. The van der Waals surface area contributed by atoms with E-state index < -0.39 is 0 Å². The first-order valence-electron chi connectivity index (χ1n) is 13.8. The van der Waals surface area contributed by atoms with Crippen molar-refractivity contribution in [2.75, 3.05) is 5.32 Å². The van der Waals surface area contributed by atoms with Crippen molar-refractivity contribution in [1.82, 2.24) is 35.1 Å². The number of benzene rings is 1. The van der Waals surface area contributed by atoms with E-state index in [9.17, 15) is 9.18 Å². The number of hydrogen-bond donors (Lipinski definition) is 3. The van der Waals surface area contributed by atoms with Crippen LogP contribution in [-0.4, -0.2) is 41.0 Å². The fourth-order valence-corrected chi connectivity index (χ4v) is 5.67. The summed E-state index contributed by atoms with van der Waals surface area (Å²) in [6, 6.07) is 12.2. The lowest BCUT2D eigenvalue weighted by Gasteiger charge is -2.20. The topological polar surface area (TPSA) is 125 Å². The molecule has 1 aliphatic carbocycles. The van der Waals surface area contributed by atoms with Gasteiger partial charge in [0.2, 0.25) is 5.91 Å². The van der Waals surface area contributed by atoms with Crippen LogP contribution in [0.1, 0.15) is 38.5 Å². The summed E-state index contributed by atoms with van der Waals surface area (Å²) in [4.78, 5) is 34.1. The van der Waals surface area contributed by atoms with E-state index in [-0.39, 0.29) is 11.7 Å². The van der Waals surface area contributed by atoms with Crippen LogP contribution < -0.4 is 5.32 Å². The summed E-state index contributed by atoms with van der Waals surface area (Å²) in [5, 5.41) is 11.2. The molecular formula is C31H27FN8O. The number of nitrogens with one attached hydrogen (secondary N) is 3. The average Bonchev–Trinajstić information content (AvgIpc) is 3.62. The third-order valence-electron chi connectivity index (χ3n) is 7.72. The normalized spacial score (nSPS) is 14.1. The van der Waals surface area contributed by atoms with Crippen LogP contribution in [0.5, 0.6) is 0 Å². The zero-order valence-electron chi connectivity index (χ0n) is 22.2. The molecule has 0 aliphatic heterocycles. The quantitative estimate of drug-likeness (QED) is 0.214. The number of aromatic nitrogens is 7. The smallest absolute Gasteiger partial charge is 0.224 e. The first-order chi connectivity index (χ1) is 20.1. The molecule has 7 rings (SSSR count). The van der Waals surface area contributed by atoms with Gasteiger partial charge in [0.05, 0.1) is 22.8 Å². The number of nitrogens with zero attached hydrogens (tertiary/aromatic N) is 5. The molecule has 0 bridgehead atoms. The molecule has 5 heterocycles. The van der Waals surface area contributed by atoms with Crippen molar-refractivity contribution in [2.45, 2.75) is 38.5 Å². The molecule has 9 nitrogen and oxygen atoms in total. The van der Waals surface area contributed by atoms with Crippen molar-refractivity contribution >= 4 is 33.7 Å². The molecule has 0 radical (unpaired) electrons. The molecule has 0 saturated heterocycles. The molecule has 1 amide bonds. The van der Waals surface area contributed by atoms with Crippen LogP contribution in [0.15, 0.2) is 67.3 Å². The predicted molar refractivity (Wildman–Crippen MR) is 155 cm³/mol. The minimum Gasteiger partial charge on any atom is -0.336 e. The number of pyridine rings is 3. The Kier molecular flexibility index (Phi) is 6.42. The summed E-state index contributed by atoms with van der Waals surface area (Å²) in [7, 11) is 0. The highest BCUT2D eigenvalue weighted by molar-refractivity contribution is 5.96. The van der Waals surface area contributed by atoms with E-state index in [1.54, 1.807) is 49.1 Å². The van der Waals surface area contributed by atoms with Gasteiger partial charge in [0.1, 0.15) is 22.7 Å². The van der Waals surface area contributed by atoms with Crippen LogP contribution in [0.25, 0.3) is 56.0 Å². The van der Waals surface area contributed by atoms with E-state index in [0.29, 0.717) is 52.0 Å². The van der Waals surface area contributed by atoms with Gasteiger partial charge in [0, 0.05) is 41.7 Å². The van der Waals surface area contributed by atoms with Gasteiger partial charge in [-0.05, 0) is 49.1 Å². The van der Waals surface area contributed by atoms with E-state index >= 15 is 0 Å². The molecule has 5 aromatic heterocycles. The predicted octanol–water partition coefficient (Wildman–Crippen LogP) is 6.67. The van der Waals surface area contributed by atoms with E-state index in [0.717, 1.165) is 34.9 Å². The van der Waals surface area contributed by atoms with Crippen molar-refractivity contribution in [3.8, 4) is 33.9 Å². The van der Waals surface area contributed by atoms with E-state index in [4.69, 9.17) is 4.98 Å². The average molecular weight is 547 g/mol. The standard InChI is InChI=1S/C31H27FN8O/c32-24-9-5-4-8-22(24)27-29-25(10-11-34-27)37-31(38-29)28-23-14-20(16-35-30(23)40-39-28)19-13-21(17-33-15-19)36-26(41)12-18-6-2-1-3-7-18/h4-5,8-11,13-18H,1-3,6-7,12H2,(H,36,41)(H,37,38)(H,35,39,40). The molecule has 0 spiro atoms. The van der Waals surface area contributed by atoms with E-state index in [1.165, 1.54) is 25.3 Å². The minimum absolute atomic E-state index is 0.0238. The number of anilines is 1. The molecule has 204 valence electrons. The van der Waals surface area contributed by atoms with Gasteiger partial charge in [-0.2, -0.15) is 5.10 Å². The van der Waals surface area contributed by atoms with Gasteiger partial charge in [-0.1, -0.05) is 31.4 Å². The van der Waals surface area contributed by atoms with Gasteiger partial charge in [-0.15, -0.1) is 0 Å². The summed E-state index contributed by atoms with van der Waals surface area (Å²) in [6.07, 6.45) is 13.2. The second kappa shape index (κ2) is 10.5. The van der Waals surface area contributed by atoms with Crippen LogP contribution in [0.3, 0.4) is 0 Å². The van der Waals surface area contributed by atoms with Crippen LogP contribution in [-0.2, 0) is 4.79 Å². The third kappa shape index (κ3) is 4.93. The van der Waals surface area contributed by atoms with Gasteiger partial charge < -0.3 is 10.3 Å². The molecule has 1 saturated carbocycles. The van der Waals surface area contributed by atoms with E-state index in [2.05, 4.69) is 35.5 Å². The lowest BCUT2D eigenvalue weighted by Crippen LogP contribution is -2.18. The lowest BCUT2D eigenvalue weighted by molar-refractivity contribution is -0.117. The third-order valence-corrected chi connectivity index (χ3v) is 7.72. The number of H-pyrrole nitrogens is 2. The van der Waals surface area contributed by atoms with Crippen molar-refractivity contribution in [1.29, 1.82) is 0 Å². The Balaban J connectivity index is 1.20. The second-order valence-electron chi connectivity index (χ2n) is 10.5. The van der Waals surface area contributed by atoms with Crippen LogP contribution >= 0.6 is 0 Å². The minimum atomic E-state index is -0.364. The molecule has 10 heteroatoms. The molecule has 1 aliphatic rings. The highest BCUT2D eigenvalue weighted by Crippen LogP contribution is 2.33. The molecule has 0 unspecified atom stereocenters. The van der Waals surface area contributed by atoms with Crippen molar-refractivity contribution in [2.24, 2.45) is 5.92 Å². The van der Waals surface area contributed by atoms with Crippen LogP contribution in [0.4, 0.5) is 10.1 Å². The number of hydrogen-bond acceptors (Lipinski definition) is 6. The summed E-state index contributed by atoms with van der Waals surface area (Å²) in [5.41, 5.74) is 5.57. The highest BCUT2D eigenvalue weighted by atomic mass is 19.1. The first kappa shape index (κ1) is 25.0. The Labute approximate surface area is 234 Å². The molecule has 0 atom stereocenters. The van der Waals surface area contributed by atoms with Gasteiger partial charge in [-0.3, -0.25) is 19.9 Å². The Morgan fingerprint density at radius 1 is 0.976 bits per heavy atom. The lowest BCUT2D eigenvalue weighted by atomic mass is 9.87. The molecule has 3 N–H and O–H groups in total. The number of carbonyl (C=O) groups excluding carboxylic acids is 1. The maximum Gasteiger partial charge on any atom is 0.224 e. The number of halogens is 1. The monoisotopic (exact) mass is 546 g/mol. The number of rotatable bonds is 6. The van der Waals surface area contributed by atoms with Crippen LogP contribution in [0, 0.1) is 11.7 Å². The Morgan fingerprint density at radius 2 is 1.83 bits per heavy atom. The van der Waals surface area contributed by atoms with Gasteiger partial charge >= 0.3 is 0 Å². The summed E-state index contributed by atoms with van der Waals surface area (Å²) < 4.78 is 14.6. The summed E-state index contributed by atoms with van der Waals surface area (Å²) in [5.74, 6) is 0.633. The molecule has 41 heavy (non-hydrogen) atoms. The van der Waals surface area contributed by atoms with Crippen LogP contribution in [0.2, 0.25) is 0 Å². The number of aromatic amines is 2. The maximum atomic E-state index is 14.6. The zero-order chi connectivity index (χ0) is 27.8. The van der Waals surface area contributed by atoms with Crippen molar-refractivity contribution < 1.29 is 9.18 Å². The van der Waals surface area contributed by atoms with Gasteiger partial charge in [0.25, 0.3) is 0 Å². The SMILES string of the molecule is O=C(CC1CCCCC1)Nc1cncc(-c2cnc3[nH]nc(-c4nc5c(-c6ccccc6F)nccc5[nH]4)c3c2)c1. The Hall–Kier alpha value is -4.99. The van der Waals surface area contributed by atoms with Crippen molar-refractivity contribution in [3.63, 3.8) is 0 Å². The highest BCUT2D eigenvalue weighted by Gasteiger charge is 2.19. The molecule has 1 aromatic carbocycles. The fraction of sp³-hybridized carbons (Fsp3) is 0.226. The Morgan fingerprint density at radius 3 is 2.71 bits per heavy atom. The zero-order valence-corrected chi connectivity index (χ0v) is 22.2. The van der Waals surface area contributed by atoms with Gasteiger partial charge in [0.15, 0.2) is 11.5 Å². The number of amides is 1. The summed E-state index contributed by atoms with van der Waals surface area (Å²) in [6.45, 7) is 0. The van der Waals surface area contributed by atoms with Gasteiger partial charge in [-0.25, -0.2) is 14.4 Å².